The van der Waals surface area contributed by atoms with Crippen LogP contribution >= 0.6 is 0 Å². The molecule has 3 aromatic rings. The van der Waals surface area contributed by atoms with Gasteiger partial charge >= 0.3 is 0 Å². The number of ether oxygens (including phenoxy) is 2. The Bertz CT molecular complexity index is 1110. The average molecular weight is 428 g/mol. The SMILES string of the molecule is CCN1C(=O)COCC1Cc1ccc(Oc2ccc(Nc3ncccc3C#N)cc2)cc1. The maximum absolute atomic E-state index is 12.0. The first kappa shape index (κ1) is 21.3. The van der Waals surface area contributed by atoms with Crippen LogP contribution in [0, 0.1) is 11.3 Å². The van der Waals surface area contributed by atoms with E-state index in [1.165, 1.54) is 0 Å². The molecule has 2 heterocycles. The van der Waals surface area contributed by atoms with E-state index in [4.69, 9.17) is 9.47 Å². The summed E-state index contributed by atoms with van der Waals surface area (Å²) in [5, 5.41) is 12.3. The van der Waals surface area contributed by atoms with E-state index in [1.54, 1.807) is 18.3 Å². The monoisotopic (exact) mass is 428 g/mol. The number of hydrogen-bond acceptors (Lipinski definition) is 6. The zero-order chi connectivity index (χ0) is 22.3. The summed E-state index contributed by atoms with van der Waals surface area (Å²) in [6, 6.07) is 21.0. The van der Waals surface area contributed by atoms with Crippen molar-refractivity contribution in [1.29, 1.82) is 5.26 Å². The Morgan fingerprint density at radius 3 is 2.56 bits per heavy atom. The van der Waals surface area contributed by atoms with Crippen molar-refractivity contribution in [3.8, 4) is 17.6 Å². The number of carbonyl (C=O) groups excluding carboxylic acids is 1. The number of rotatable bonds is 7. The maximum atomic E-state index is 12.0. The number of hydrogen-bond donors (Lipinski definition) is 1. The fourth-order valence-corrected chi connectivity index (χ4v) is 3.70. The fourth-order valence-electron chi connectivity index (χ4n) is 3.70. The fraction of sp³-hybridized carbons (Fsp3) is 0.240. The van der Waals surface area contributed by atoms with Gasteiger partial charge in [-0.3, -0.25) is 4.79 Å². The number of morpholine rings is 1. The van der Waals surface area contributed by atoms with Gasteiger partial charge in [-0.2, -0.15) is 5.26 Å². The second-order valence-electron chi connectivity index (χ2n) is 7.46. The Labute approximate surface area is 187 Å². The first-order valence-corrected chi connectivity index (χ1v) is 10.5. The van der Waals surface area contributed by atoms with Crippen LogP contribution in [0.1, 0.15) is 18.1 Å². The van der Waals surface area contributed by atoms with Crippen LogP contribution in [0.4, 0.5) is 11.5 Å². The van der Waals surface area contributed by atoms with E-state index < -0.39 is 0 Å². The molecule has 0 aliphatic carbocycles. The third kappa shape index (κ3) is 5.05. The highest BCUT2D eigenvalue weighted by atomic mass is 16.5. The number of nitriles is 1. The molecule has 162 valence electrons. The van der Waals surface area contributed by atoms with Gasteiger partial charge in [0.05, 0.1) is 18.2 Å². The van der Waals surface area contributed by atoms with Gasteiger partial charge in [0.15, 0.2) is 0 Å². The summed E-state index contributed by atoms with van der Waals surface area (Å²) in [5.41, 5.74) is 2.43. The molecule has 1 fully saturated rings. The smallest absolute Gasteiger partial charge is 0.248 e. The van der Waals surface area contributed by atoms with Crippen molar-refractivity contribution in [2.75, 3.05) is 25.1 Å². The normalized spacial score (nSPS) is 15.8. The Balaban J connectivity index is 1.36. The zero-order valence-corrected chi connectivity index (χ0v) is 17.8. The molecule has 32 heavy (non-hydrogen) atoms. The predicted molar refractivity (Wildman–Crippen MR) is 121 cm³/mol. The highest BCUT2D eigenvalue weighted by Gasteiger charge is 2.27. The number of nitrogens with zero attached hydrogens (tertiary/aromatic N) is 3. The molecule has 0 bridgehead atoms. The Hall–Kier alpha value is -3.89. The summed E-state index contributed by atoms with van der Waals surface area (Å²) < 4.78 is 11.4. The molecule has 1 aromatic heterocycles. The molecule has 7 heteroatoms. The lowest BCUT2D eigenvalue weighted by molar-refractivity contribution is -0.147. The Morgan fingerprint density at radius 2 is 1.88 bits per heavy atom. The number of amides is 1. The topological polar surface area (TPSA) is 87.5 Å². The number of likely N-dealkylation sites (N-methyl/N-ethyl adjacent to an activating group) is 1. The first-order valence-electron chi connectivity index (χ1n) is 10.5. The van der Waals surface area contributed by atoms with Gasteiger partial charge in [-0.25, -0.2) is 4.98 Å². The second kappa shape index (κ2) is 9.94. The van der Waals surface area contributed by atoms with Gasteiger partial charge in [-0.1, -0.05) is 12.1 Å². The summed E-state index contributed by atoms with van der Waals surface area (Å²) in [6.45, 7) is 3.42. The van der Waals surface area contributed by atoms with E-state index in [-0.39, 0.29) is 18.6 Å². The van der Waals surface area contributed by atoms with Gasteiger partial charge in [0, 0.05) is 18.4 Å². The van der Waals surface area contributed by atoms with Crippen LogP contribution in [0.25, 0.3) is 0 Å². The minimum atomic E-state index is 0.0496. The largest absolute Gasteiger partial charge is 0.457 e. The molecule has 1 aliphatic heterocycles. The highest BCUT2D eigenvalue weighted by Crippen LogP contribution is 2.26. The molecule has 4 rings (SSSR count). The standard InChI is InChI=1S/C25H24N4O3/c1-2-29-21(16-31-17-24(29)30)14-18-5-9-22(10-6-18)32-23-11-7-20(8-12-23)28-25-19(15-26)4-3-13-27-25/h3-13,21H,2,14,16-17H2,1H3,(H,27,28). The molecule has 1 N–H and O–H groups in total. The Morgan fingerprint density at radius 1 is 1.16 bits per heavy atom. The van der Waals surface area contributed by atoms with Crippen molar-refractivity contribution in [2.24, 2.45) is 0 Å². The summed E-state index contributed by atoms with van der Waals surface area (Å²) in [5.74, 6) is 2.00. The highest BCUT2D eigenvalue weighted by molar-refractivity contribution is 5.78. The van der Waals surface area contributed by atoms with E-state index in [0.29, 0.717) is 30.3 Å². The molecular weight excluding hydrogens is 404 g/mol. The predicted octanol–water partition coefficient (Wildman–Crippen LogP) is 4.28. The summed E-state index contributed by atoms with van der Waals surface area (Å²) in [7, 11) is 0. The second-order valence-corrected chi connectivity index (χ2v) is 7.46. The lowest BCUT2D eigenvalue weighted by Gasteiger charge is -2.34. The van der Waals surface area contributed by atoms with E-state index in [0.717, 1.165) is 23.4 Å². The number of carbonyl (C=O) groups is 1. The van der Waals surface area contributed by atoms with Crippen molar-refractivity contribution < 1.29 is 14.3 Å². The molecule has 0 saturated carbocycles. The molecule has 1 unspecified atom stereocenters. The van der Waals surface area contributed by atoms with E-state index >= 15 is 0 Å². The van der Waals surface area contributed by atoms with Crippen LogP contribution < -0.4 is 10.1 Å². The molecular formula is C25H24N4O3. The number of benzene rings is 2. The minimum absolute atomic E-state index is 0.0496. The van der Waals surface area contributed by atoms with Gasteiger partial charge < -0.3 is 19.7 Å². The molecule has 0 spiro atoms. The number of pyridine rings is 1. The molecule has 1 aliphatic rings. The Kier molecular flexibility index (Phi) is 6.63. The maximum Gasteiger partial charge on any atom is 0.248 e. The van der Waals surface area contributed by atoms with E-state index in [1.807, 2.05) is 60.4 Å². The summed E-state index contributed by atoms with van der Waals surface area (Å²) in [4.78, 5) is 18.1. The van der Waals surface area contributed by atoms with Crippen LogP contribution in [0.15, 0.2) is 66.9 Å². The van der Waals surface area contributed by atoms with E-state index in [2.05, 4.69) is 16.4 Å². The first-order chi connectivity index (χ1) is 15.7. The molecule has 1 atom stereocenters. The molecule has 2 aromatic carbocycles. The summed E-state index contributed by atoms with van der Waals surface area (Å²) >= 11 is 0. The lowest BCUT2D eigenvalue weighted by atomic mass is 10.0. The van der Waals surface area contributed by atoms with Crippen molar-refractivity contribution >= 4 is 17.4 Å². The zero-order valence-electron chi connectivity index (χ0n) is 17.8. The lowest BCUT2D eigenvalue weighted by Crippen LogP contribution is -2.50. The van der Waals surface area contributed by atoms with Crippen LogP contribution in [0.2, 0.25) is 0 Å². The molecule has 1 saturated heterocycles. The number of nitrogens with one attached hydrogen (secondary N) is 1. The average Bonchev–Trinajstić information content (AvgIpc) is 2.82. The number of aromatic nitrogens is 1. The quantitative estimate of drug-likeness (QED) is 0.604. The van der Waals surface area contributed by atoms with Crippen LogP contribution in [0.3, 0.4) is 0 Å². The van der Waals surface area contributed by atoms with Crippen molar-refractivity contribution in [2.45, 2.75) is 19.4 Å². The van der Waals surface area contributed by atoms with Gasteiger partial charge in [0.1, 0.15) is 30.0 Å². The van der Waals surface area contributed by atoms with Crippen LogP contribution in [-0.4, -0.2) is 41.6 Å². The van der Waals surface area contributed by atoms with Gasteiger partial charge in [0.2, 0.25) is 5.91 Å². The van der Waals surface area contributed by atoms with Crippen LogP contribution in [-0.2, 0) is 16.0 Å². The van der Waals surface area contributed by atoms with E-state index in [9.17, 15) is 10.1 Å². The van der Waals surface area contributed by atoms with Crippen molar-refractivity contribution in [1.82, 2.24) is 9.88 Å². The van der Waals surface area contributed by atoms with Crippen molar-refractivity contribution in [3.63, 3.8) is 0 Å². The van der Waals surface area contributed by atoms with Crippen molar-refractivity contribution in [3.05, 3.63) is 78.0 Å². The molecule has 7 nitrogen and oxygen atoms in total. The van der Waals surface area contributed by atoms with Gasteiger partial charge in [0.25, 0.3) is 0 Å². The minimum Gasteiger partial charge on any atom is -0.457 e. The number of anilines is 2. The molecule has 0 radical (unpaired) electrons. The summed E-state index contributed by atoms with van der Waals surface area (Å²) in [6.07, 6.45) is 2.39. The third-order valence-corrected chi connectivity index (χ3v) is 5.31. The third-order valence-electron chi connectivity index (χ3n) is 5.31. The van der Waals surface area contributed by atoms with Gasteiger partial charge in [-0.05, 0) is 67.4 Å². The van der Waals surface area contributed by atoms with Crippen LogP contribution in [0.5, 0.6) is 11.5 Å². The van der Waals surface area contributed by atoms with Gasteiger partial charge in [-0.15, -0.1) is 0 Å². The molecule has 1 amide bonds.